The van der Waals surface area contributed by atoms with Gasteiger partial charge in [0.05, 0.1) is 5.56 Å². The molecule has 34 heavy (non-hydrogen) atoms. The maximum absolute atomic E-state index is 14.7. The summed E-state index contributed by atoms with van der Waals surface area (Å²) in [4.78, 5) is 16.9. The van der Waals surface area contributed by atoms with Gasteiger partial charge in [-0.25, -0.2) is 13.8 Å². The van der Waals surface area contributed by atoms with Crippen LogP contribution in [0.4, 0.5) is 20.3 Å². The topological polar surface area (TPSA) is 63.3 Å². The van der Waals surface area contributed by atoms with Crippen LogP contribution < -0.4 is 15.4 Å². The standard InChI is InChI=1S/C27H25F2N3O2/c1-18(9-10-19(2)28)15-21-13-14-31-26(25(21)27(33)30-3)32-22-11-12-24(23(29)16-22)34-17-20-7-5-4-6-8-20/h4-14,16H,1-2,15,17H2,3H3,(H,30,33)(H,31,32)/b10-9-. The number of rotatable bonds is 10. The highest BCUT2D eigenvalue weighted by Gasteiger charge is 2.18. The van der Waals surface area contributed by atoms with Gasteiger partial charge in [-0.2, -0.15) is 0 Å². The molecule has 1 aromatic heterocycles. The second-order valence-electron chi connectivity index (χ2n) is 7.43. The van der Waals surface area contributed by atoms with E-state index < -0.39 is 11.6 Å². The Balaban J connectivity index is 1.81. The highest BCUT2D eigenvalue weighted by molar-refractivity contribution is 6.00. The molecule has 3 aromatic rings. The molecule has 0 radical (unpaired) electrons. The van der Waals surface area contributed by atoms with Crippen LogP contribution in [0.15, 0.2) is 97.5 Å². The summed E-state index contributed by atoms with van der Waals surface area (Å²) in [6.07, 6.45) is 4.51. The van der Waals surface area contributed by atoms with Crippen LogP contribution in [-0.2, 0) is 13.0 Å². The molecule has 1 amide bonds. The van der Waals surface area contributed by atoms with E-state index >= 15 is 0 Å². The van der Waals surface area contributed by atoms with Crippen molar-refractivity contribution in [2.45, 2.75) is 13.0 Å². The molecule has 174 valence electrons. The predicted octanol–water partition coefficient (Wildman–Crippen LogP) is 6.04. The van der Waals surface area contributed by atoms with E-state index in [1.807, 2.05) is 30.3 Å². The summed E-state index contributed by atoms with van der Waals surface area (Å²) in [6.45, 7) is 7.31. The van der Waals surface area contributed by atoms with Gasteiger partial charge in [0.15, 0.2) is 11.6 Å². The van der Waals surface area contributed by atoms with Crippen molar-refractivity contribution in [3.63, 3.8) is 0 Å². The molecule has 0 saturated heterocycles. The largest absolute Gasteiger partial charge is 0.486 e. The monoisotopic (exact) mass is 461 g/mol. The fourth-order valence-electron chi connectivity index (χ4n) is 3.20. The Hall–Kier alpha value is -4.26. The number of halogens is 2. The van der Waals surface area contributed by atoms with Gasteiger partial charge < -0.3 is 15.4 Å². The number of carbonyl (C=O) groups is 1. The van der Waals surface area contributed by atoms with Crippen LogP contribution in [0.2, 0.25) is 0 Å². The Morgan fingerprint density at radius 2 is 1.88 bits per heavy atom. The highest BCUT2D eigenvalue weighted by atomic mass is 19.1. The molecule has 0 fully saturated rings. The maximum Gasteiger partial charge on any atom is 0.255 e. The van der Waals surface area contributed by atoms with Crippen molar-refractivity contribution < 1.29 is 18.3 Å². The van der Waals surface area contributed by atoms with E-state index in [-0.39, 0.29) is 36.1 Å². The first-order chi connectivity index (χ1) is 16.4. The molecule has 5 nitrogen and oxygen atoms in total. The third kappa shape index (κ3) is 6.62. The number of hydrogen-bond donors (Lipinski definition) is 2. The van der Waals surface area contributed by atoms with Crippen LogP contribution >= 0.6 is 0 Å². The minimum absolute atomic E-state index is 0.111. The molecular formula is C27H25F2N3O2. The van der Waals surface area contributed by atoms with Gasteiger partial charge in [-0.3, -0.25) is 4.79 Å². The number of aromatic nitrogens is 1. The molecule has 3 rings (SSSR count). The Morgan fingerprint density at radius 3 is 2.56 bits per heavy atom. The number of carbonyl (C=O) groups excluding carboxylic acids is 1. The number of benzene rings is 2. The highest BCUT2D eigenvalue weighted by Crippen LogP contribution is 2.27. The van der Waals surface area contributed by atoms with Crippen LogP contribution in [0, 0.1) is 5.82 Å². The van der Waals surface area contributed by atoms with Crippen molar-refractivity contribution in [3.05, 3.63) is 120 Å². The number of nitrogens with one attached hydrogen (secondary N) is 2. The number of ether oxygens (including phenoxy) is 1. The van der Waals surface area contributed by atoms with E-state index in [4.69, 9.17) is 4.74 Å². The van der Waals surface area contributed by atoms with Crippen molar-refractivity contribution in [2.24, 2.45) is 0 Å². The lowest BCUT2D eigenvalue weighted by Crippen LogP contribution is -2.22. The van der Waals surface area contributed by atoms with E-state index in [9.17, 15) is 13.6 Å². The number of allylic oxidation sites excluding steroid dienone is 4. The van der Waals surface area contributed by atoms with E-state index in [1.54, 1.807) is 12.1 Å². The molecule has 1 heterocycles. The van der Waals surface area contributed by atoms with Crippen molar-refractivity contribution in [3.8, 4) is 5.75 Å². The summed E-state index contributed by atoms with van der Waals surface area (Å²) < 4.78 is 33.2. The average molecular weight is 462 g/mol. The number of amides is 1. The molecule has 0 unspecified atom stereocenters. The third-order valence-electron chi connectivity index (χ3n) is 4.84. The summed E-state index contributed by atoms with van der Waals surface area (Å²) in [7, 11) is 1.50. The second-order valence-corrected chi connectivity index (χ2v) is 7.43. The average Bonchev–Trinajstić information content (AvgIpc) is 2.82. The fraction of sp³-hybridized carbons (Fsp3) is 0.111. The Kier molecular flexibility index (Phi) is 8.29. The molecular weight excluding hydrogens is 436 g/mol. The maximum atomic E-state index is 14.7. The zero-order valence-corrected chi connectivity index (χ0v) is 18.8. The Morgan fingerprint density at radius 1 is 1.12 bits per heavy atom. The first-order valence-corrected chi connectivity index (χ1v) is 10.5. The van der Waals surface area contributed by atoms with Crippen molar-refractivity contribution in [1.29, 1.82) is 0 Å². The summed E-state index contributed by atoms with van der Waals surface area (Å²) >= 11 is 0. The lowest BCUT2D eigenvalue weighted by Gasteiger charge is -2.15. The van der Waals surface area contributed by atoms with E-state index in [0.29, 0.717) is 16.8 Å². The molecule has 0 saturated carbocycles. The van der Waals surface area contributed by atoms with Gasteiger partial charge in [-0.05, 0) is 41.8 Å². The van der Waals surface area contributed by atoms with Crippen LogP contribution in [0.1, 0.15) is 21.5 Å². The zero-order chi connectivity index (χ0) is 24.5. The summed E-state index contributed by atoms with van der Waals surface area (Å²) in [5.74, 6) is -1.16. The molecule has 0 atom stereocenters. The lowest BCUT2D eigenvalue weighted by atomic mass is 10.0. The van der Waals surface area contributed by atoms with E-state index in [0.717, 1.165) is 5.56 Å². The molecule has 0 aliphatic carbocycles. The fourth-order valence-corrected chi connectivity index (χ4v) is 3.20. The quantitative estimate of drug-likeness (QED) is 0.361. The van der Waals surface area contributed by atoms with Gasteiger partial charge in [0.2, 0.25) is 0 Å². The molecule has 0 spiro atoms. The zero-order valence-electron chi connectivity index (χ0n) is 18.8. The van der Waals surface area contributed by atoms with Crippen molar-refractivity contribution in [1.82, 2.24) is 10.3 Å². The first-order valence-electron chi connectivity index (χ1n) is 10.5. The minimum Gasteiger partial charge on any atom is -0.486 e. The van der Waals surface area contributed by atoms with Gasteiger partial charge in [-0.15, -0.1) is 0 Å². The summed E-state index contributed by atoms with van der Waals surface area (Å²) in [5, 5.41) is 5.59. The molecule has 0 aliphatic rings. The Labute approximate surface area is 197 Å². The van der Waals surface area contributed by atoms with Gasteiger partial charge in [-0.1, -0.05) is 55.1 Å². The summed E-state index contributed by atoms with van der Waals surface area (Å²) in [5.41, 5.74) is 2.80. The SMILES string of the molecule is C=C(F)/C=C\C(=C)Cc1ccnc(Nc2ccc(OCc3ccccc3)c(F)c2)c1C(=O)NC. The summed E-state index contributed by atoms with van der Waals surface area (Å²) in [6, 6.07) is 15.6. The predicted molar refractivity (Wildman–Crippen MR) is 130 cm³/mol. The smallest absolute Gasteiger partial charge is 0.255 e. The lowest BCUT2D eigenvalue weighted by molar-refractivity contribution is 0.0963. The Bertz CT molecular complexity index is 1220. The molecule has 7 heteroatoms. The van der Waals surface area contributed by atoms with E-state index in [1.165, 1.54) is 37.5 Å². The van der Waals surface area contributed by atoms with Crippen molar-refractivity contribution in [2.75, 3.05) is 12.4 Å². The molecule has 0 bridgehead atoms. The number of pyridine rings is 1. The normalized spacial score (nSPS) is 10.7. The van der Waals surface area contributed by atoms with Crippen LogP contribution in [0.3, 0.4) is 0 Å². The molecule has 2 aromatic carbocycles. The number of hydrogen-bond acceptors (Lipinski definition) is 4. The minimum atomic E-state index is -0.594. The van der Waals surface area contributed by atoms with Gasteiger partial charge in [0.1, 0.15) is 18.3 Å². The molecule has 2 N–H and O–H groups in total. The molecule has 0 aliphatic heterocycles. The first kappa shape index (κ1) is 24.4. The number of nitrogens with zero attached hydrogens (tertiary/aromatic N) is 1. The van der Waals surface area contributed by atoms with Gasteiger partial charge in [0, 0.05) is 25.0 Å². The number of anilines is 2. The van der Waals surface area contributed by atoms with Gasteiger partial charge >= 0.3 is 0 Å². The van der Waals surface area contributed by atoms with E-state index in [2.05, 4.69) is 28.8 Å². The van der Waals surface area contributed by atoms with Gasteiger partial charge in [0.25, 0.3) is 5.91 Å². The second kappa shape index (κ2) is 11.6. The van der Waals surface area contributed by atoms with Crippen LogP contribution in [0.5, 0.6) is 5.75 Å². The van der Waals surface area contributed by atoms with Crippen molar-refractivity contribution >= 4 is 17.4 Å². The third-order valence-corrected chi connectivity index (χ3v) is 4.84. The van der Waals surface area contributed by atoms with Crippen LogP contribution in [-0.4, -0.2) is 17.9 Å². The van der Waals surface area contributed by atoms with Crippen LogP contribution in [0.25, 0.3) is 0 Å².